The summed E-state index contributed by atoms with van der Waals surface area (Å²) in [6.45, 7) is 6.92. The molecule has 1 fully saturated rings. The average Bonchev–Trinajstić information content (AvgIpc) is 3.29. The minimum absolute atomic E-state index is 0.0368. The fourth-order valence-corrected chi connectivity index (χ4v) is 2.82. The summed E-state index contributed by atoms with van der Waals surface area (Å²) in [7, 11) is 0. The van der Waals surface area contributed by atoms with Crippen LogP contribution in [0.5, 0.6) is 5.75 Å². The molecule has 1 aliphatic heterocycles. The Morgan fingerprint density at radius 2 is 2.16 bits per heavy atom. The van der Waals surface area contributed by atoms with Crippen LogP contribution < -0.4 is 4.74 Å². The largest absolute Gasteiger partial charge is 0.485 e. The number of carbonyl (C=O) groups excluding carboxylic acids is 1. The SMILES string of the molecule is CCN(CC1CCOC1)C(=O)c1ccc(OCc2noc(C)n2)cc1. The number of hydrogen-bond acceptors (Lipinski definition) is 6. The van der Waals surface area contributed by atoms with Gasteiger partial charge in [0, 0.05) is 38.1 Å². The number of aryl methyl sites for hydroxylation is 1. The van der Waals surface area contributed by atoms with Crippen LogP contribution in [0.1, 0.15) is 35.4 Å². The number of amides is 1. The maximum Gasteiger partial charge on any atom is 0.253 e. The third kappa shape index (κ3) is 4.57. The van der Waals surface area contributed by atoms with Gasteiger partial charge < -0.3 is 18.9 Å². The lowest BCUT2D eigenvalue weighted by molar-refractivity contribution is 0.0731. The molecule has 134 valence electrons. The van der Waals surface area contributed by atoms with Crippen molar-refractivity contribution in [1.82, 2.24) is 15.0 Å². The molecule has 2 aromatic rings. The molecule has 7 heteroatoms. The molecule has 1 amide bonds. The fourth-order valence-electron chi connectivity index (χ4n) is 2.82. The molecule has 0 spiro atoms. The van der Waals surface area contributed by atoms with Crippen molar-refractivity contribution in [2.75, 3.05) is 26.3 Å². The summed E-state index contributed by atoms with van der Waals surface area (Å²) in [6.07, 6.45) is 1.02. The first-order chi connectivity index (χ1) is 12.2. The number of ether oxygens (including phenoxy) is 2. The second kappa shape index (κ2) is 8.11. The van der Waals surface area contributed by atoms with Gasteiger partial charge in [0.1, 0.15) is 5.75 Å². The van der Waals surface area contributed by atoms with Gasteiger partial charge in [-0.3, -0.25) is 4.79 Å². The Bertz CT molecular complexity index is 693. The zero-order valence-corrected chi connectivity index (χ0v) is 14.6. The first-order valence-electron chi connectivity index (χ1n) is 8.54. The lowest BCUT2D eigenvalue weighted by Gasteiger charge is -2.23. The zero-order valence-electron chi connectivity index (χ0n) is 14.6. The Kier molecular flexibility index (Phi) is 5.65. The third-order valence-corrected chi connectivity index (χ3v) is 4.21. The Balaban J connectivity index is 1.57. The lowest BCUT2D eigenvalue weighted by atomic mass is 10.1. The average molecular weight is 345 g/mol. The summed E-state index contributed by atoms with van der Waals surface area (Å²) in [5.74, 6) is 2.13. The summed E-state index contributed by atoms with van der Waals surface area (Å²) in [4.78, 5) is 18.6. The van der Waals surface area contributed by atoms with E-state index in [1.54, 1.807) is 31.2 Å². The quantitative estimate of drug-likeness (QED) is 0.767. The van der Waals surface area contributed by atoms with Gasteiger partial charge in [0.25, 0.3) is 5.91 Å². The van der Waals surface area contributed by atoms with Crippen molar-refractivity contribution in [2.24, 2.45) is 5.92 Å². The minimum Gasteiger partial charge on any atom is -0.485 e. The summed E-state index contributed by atoms with van der Waals surface area (Å²) >= 11 is 0. The van der Waals surface area contributed by atoms with Crippen LogP contribution in [0.15, 0.2) is 28.8 Å². The predicted octanol–water partition coefficient (Wildman–Crippen LogP) is 2.46. The normalized spacial score (nSPS) is 16.8. The zero-order chi connectivity index (χ0) is 17.6. The molecule has 0 bridgehead atoms. The molecule has 2 heterocycles. The second-order valence-corrected chi connectivity index (χ2v) is 6.12. The van der Waals surface area contributed by atoms with E-state index in [2.05, 4.69) is 10.1 Å². The Morgan fingerprint density at radius 3 is 2.76 bits per heavy atom. The van der Waals surface area contributed by atoms with E-state index in [1.165, 1.54) is 0 Å². The van der Waals surface area contributed by atoms with Gasteiger partial charge in [0.05, 0.1) is 6.61 Å². The molecule has 1 saturated heterocycles. The predicted molar refractivity (Wildman–Crippen MR) is 90.3 cm³/mol. The monoisotopic (exact) mass is 345 g/mol. The molecule has 1 unspecified atom stereocenters. The van der Waals surface area contributed by atoms with Gasteiger partial charge in [0.2, 0.25) is 11.7 Å². The number of benzene rings is 1. The van der Waals surface area contributed by atoms with Crippen molar-refractivity contribution in [1.29, 1.82) is 0 Å². The van der Waals surface area contributed by atoms with Crippen molar-refractivity contribution < 1.29 is 18.8 Å². The van der Waals surface area contributed by atoms with Crippen molar-refractivity contribution in [2.45, 2.75) is 26.9 Å². The molecular weight excluding hydrogens is 322 g/mol. The smallest absolute Gasteiger partial charge is 0.253 e. The molecule has 3 rings (SSSR count). The molecule has 7 nitrogen and oxygen atoms in total. The molecule has 0 saturated carbocycles. The van der Waals surface area contributed by atoms with Crippen LogP contribution in [0.25, 0.3) is 0 Å². The number of rotatable bonds is 7. The second-order valence-electron chi connectivity index (χ2n) is 6.12. The molecule has 0 N–H and O–H groups in total. The van der Waals surface area contributed by atoms with Gasteiger partial charge >= 0.3 is 0 Å². The molecule has 25 heavy (non-hydrogen) atoms. The van der Waals surface area contributed by atoms with E-state index < -0.39 is 0 Å². The van der Waals surface area contributed by atoms with E-state index in [9.17, 15) is 4.79 Å². The molecular formula is C18H23N3O4. The van der Waals surface area contributed by atoms with Crippen LogP contribution in [0.3, 0.4) is 0 Å². The number of hydrogen-bond donors (Lipinski definition) is 0. The van der Waals surface area contributed by atoms with E-state index in [-0.39, 0.29) is 12.5 Å². The molecule has 1 aliphatic rings. The number of nitrogens with zero attached hydrogens (tertiary/aromatic N) is 3. The van der Waals surface area contributed by atoms with E-state index in [0.717, 1.165) is 26.2 Å². The van der Waals surface area contributed by atoms with Crippen LogP contribution in [0, 0.1) is 12.8 Å². The van der Waals surface area contributed by atoms with E-state index in [4.69, 9.17) is 14.0 Å². The highest BCUT2D eigenvalue weighted by Crippen LogP contribution is 2.18. The molecule has 1 aromatic carbocycles. The molecule has 1 aromatic heterocycles. The van der Waals surface area contributed by atoms with Crippen LogP contribution in [-0.4, -0.2) is 47.3 Å². The van der Waals surface area contributed by atoms with Crippen LogP contribution in [0.2, 0.25) is 0 Å². The fraction of sp³-hybridized carbons (Fsp3) is 0.500. The molecule has 0 aliphatic carbocycles. The molecule has 0 radical (unpaired) electrons. The van der Waals surface area contributed by atoms with Crippen LogP contribution >= 0.6 is 0 Å². The third-order valence-electron chi connectivity index (χ3n) is 4.21. The van der Waals surface area contributed by atoms with Crippen LogP contribution in [0.4, 0.5) is 0 Å². The lowest BCUT2D eigenvalue weighted by Crippen LogP contribution is -2.35. The van der Waals surface area contributed by atoms with Gasteiger partial charge in [0.15, 0.2) is 6.61 Å². The van der Waals surface area contributed by atoms with E-state index in [0.29, 0.717) is 35.5 Å². The van der Waals surface area contributed by atoms with Crippen molar-refractivity contribution in [3.05, 3.63) is 41.5 Å². The summed E-state index contributed by atoms with van der Waals surface area (Å²) in [5.41, 5.74) is 0.656. The highest BCUT2D eigenvalue weighted by atomic mass is 16.5. The van der Waals surface area contributed by atoms with E-state index in [1.807, 2.05) is 11.8 Å². The Hall–Kier alpha value is -2.41. The highest BCUT2D eigenvalue weighted by Gasteiger charge is 2.22. The van der Waals surface area contributed by atoms with Crippen molar-refractivity contribution >= 4 is 5.91 Å². The van der Waals surface area contributed by atoms with Gasteiger partial charge in [-0.25, -0.2) is 0 Å². The standard InChI is InChI=1S/C18H23N3O4/c1-3-21(10-14-8-9-23-11-14)18(22)15-4-6-16(7-5-15)24-12-17-19-13(2)25-20-17/h4-7,14H,3,8-12H2,1-2H3. The van der Waals surface area contributed by atoms with Gasteiger partial charge in [-0.1, -0.05) is 5.16 Å². The van der Waals surface area contributed by atoms with Crippen LogP contribution in [-0.2, 0) is 11.3 Å². The first-order valence-corrected chi connectivity index (χ1v) is 8.54. The first kappa shape index (κ1) is 17.4. The number of carbonyl (C=O) groups is 1. The Morgan fingerprint density at radius 1 is 1.36 bits per heavy atom. The van der Waals surface area contributed by atoms with Crippen molar-refractivity contribution in [3.63, 3.8) is 0 Å². The van der Waals surface area contributed by atoms with E-state index >= 15 is 0 Å². The summed E-state index contributed by atoms with van der Waals surface area (Å²) in [5, 5.41) is 3.78. The van der Waals surface area contributed by atoms with Crippen molar-refractivity contribution in [3.8, 4) is 5.75 Å². The topological polar surface area (TPSA) is 77.7 Å². The van der Waals surface area contributed by atoms with Gasteiger partial charge in [-0.15, -0.1) is 0 Å². The highest BCUT2D eigenvalue weighted by molar-refractivity contribution is 5.94. The maximum atomic E-state index is 12.7. The maximum absolute atomic E-state index is 12.7. The Labute approximate surface area is 146 Å². The summed E-state index contributed by atoms with van der Waals surface area (Å²) < 4.78 is 15.9. The summed E-state index contributed by atoms with van der Waals surface area (Å²) in [6, 6.07) is 7.14. The van der Waals surface area contributed by atoms with Gasteiger partial charge in [-0.05, 0) is 37.6 Å². The minimum atomic E-state index is 0.0368. The van der Waals surface area contributed by atoms with Gasteiger partial charge in [-0.2, -0.15) is 4.98 Å². The number of aromatic nitrogens is 2. The molecule has 1 atom stereocenters.